The van der Waals surface area contributed by atoms with Crippen LogP contribution in [-0.4, -0.2) is 9.13 Å². The smallest absolute Gasteiger partial charge is 0.0547 e. The first kappa shape index (κ1) is 63.9. The Morgan fingerprint density at radius 1 is 0.220 bits per heavy atom. The second-order valence-electron chi connectivity index (χ2n) is 34.1. The van der Waals surface area contributed by atoms with Crippen LogP contribution < -0.4 is 0 Å². The highest BCUT2D eigenvalue weighted by Crippen LogP contribution is 2.64. The molecule has 16 aromatic carbocycles. The lowest BCUT2D eigenvalue weighted by molar-refractivity contribution is 0.647. The lowest BCUT2D eigenvalue weighted by Crippen LogP contribution is -2.18. The van der Waals surface area contributed by atoms with Crippen molar-refractivity contribution in [2.24, 2.45) is 0 Å². The van der Waals surface area contributed by atoms with Gasteiger partial charge in [0.15, 0.2) is 0 Å². The number of fused-ring (bicyclic) bond motifs is 22. The highest BCUT2D eigenvalue weighted by Gasteiger charge is 2.48. The van der Waals surface area contributed by atoms with Gasteiger partial charge in [0.05, 0.1) is 22.1 Å². The number of para-hydroxylation sites is 3. The van der Waals surface area contributed by atoms with E-state index < -0.39 is 0 Å². The lowest BCUT2D eigenvalue weighted by Gasteiger charge is -2.28. The molecule has 0 bridgehead atoms. The third-order valence-electron chi connectivity index (χ3n) is 26.3. The molecule has 0 saturated heterocycles. The Morgan fingerprint density at radius 3 is 1.13 bits per heavy atom. The summed E-state index contributed by atoms with van der Waals surface area (Å²) in [6, 6.07) is 119. The minimum Gasteiger partial charge on any atom is -0.309 e. The van der Waals surface area contributed by atoms with Crippen molar-refractivity contribution in [3.63, 3.8) is 0 Å². The van der Waals surface area contributed by atoms with Crippen LogP contribution in [0.5, 0.6) is 0 Å². The van der Waals surface area contributed by atoms with E-state index in [0.717, 1.165) is 11.4 Å². The largest absolute Gasteiger partial charge is 0.309 e. The number of rotatable bonds is 8. The second kappa shape index (κ2) is 22.6. The van der Waals surface area contributed by atoms with Crippen molar-refractivity contribution in [1.82, 2.24) is 9.13 Å². The Hall–Kier alpha value is -12.4. The van der Waals surface area contributed by atoms with Gasteiger partial charge in [0.25, 0.3) is 0 Å². The molecule has 109 heavy (non-hydrogen) atoms. The summed E-state index contributed by atoms with van der Waals surface area (Å²) in [6.07, 6.45) is 0. The summed E-state index contributed by atoms with van der Waals surface area (Å²) < 4.78 is 5.11. The fourth-order valence-electron chi connectivity index (χ4n) is 20.9. The first-order chi connectivity index (χ1) is 52.9. The number of benzene rings is 16. The molecule has 0 aliphatic heterocycles. The molecule has 0 fully saturated rings. The van der Waals surface area contributed by atoms with Crippen molar-refractivity contribution in [1.29, 1.82) is 0 Å². The number of aromatic nitrogens is 2. The van der Waals surface area contributed by atoms with Gasteiger partial charge in [-0.05, 0) is 263 Å². The van der Waals surface area contributed by atoms with Crippen LogP contribution >= 0.6 is 0 Å². The van der Waals surface area contributed by atoms with Gasteiger partial charge >= 0.3 is 0 Å². The highest BCUT2D eigenvalue weighted by molar-refractivity contribution is 6.13. The van der Waals surface area contributed by atoms with Gasteiger partial charge in [-0.15, -0.1) is 0 Å². The van der Waals surface area contributed by atoms with Crippen molar-refractivity contribution >= 4 is 65.2 Å². The number of hydrogen-bond donors (Lipinski definition) is 0. The quantitative estimate of drug-likeness (QED) is 0.143. The summed E-state index contributed by atoms with van der Waals surface area (Å²) in [6.45, 7) is 24.4. The zero-order valence-electron chi connectivity index (χ0n) is 63.4. The van der Waals surface area contributed by atoms with E-state index in [0.29, 0.717) is 5.92 Å². The molecule has 18 aromatic rings. The van der Waals surface area contributed by atoms with Crippen molar-refractivity contribution in [2.45, 2.75) is 96.8 Å². The Bertz CT molecular complexity index is 7010. The molecule has 0 radical (unpaired) electrons. The highest BCUT2D eigenvalue weighted by atomic mass is 15.0. The topological polar surface area (TPSA) is 9.86 Å². The normalized spacial score (nSPS) is 14.9. The van der Waals surface area contributed by atoms with Gasteiger partial charge in [0, 0.05) is 54.6 Å². The number of nitrogens with zero attached hydrogens (tertiary/aromatic N) is 2. The molecule has 2 aromatic heterocycles. The summed E-state index contributed by atoms with van der Waals surface area (Å²) in [4.78, 5) is 0. The first-order valence-corrected chi connectivity index (χ1v) is 39.1. The Balaban J connectivity index is 0.713. The molecule has 2 heteroatoms. The first-order valence-electron chi connectivity index (χ1n) is 39.1. The van der Waals surface area contributed by atoms with Crippen LogP contribution in [0.4, 0.5) is 0 Å². The summed E-state index contributed by atoms with van der Waals surface area (Å²) in [5.41, 5.74) is 41.7. The van der Waals surface area contributed by atoms with Crippen LogP contribution in [0.3, 0.4) is 0 Å². The van der Waals surface area contributed by atoms with Gasteiger partial charge < -0.3 is 9.13 Å². The summed E-state index contributed by atoms with van der Waals surface area (Å²) in [5, 5.41) is 9.96. The number of hydrogen-bond acceptors (Lipinski definition) is 0. The molecule has 0 saturated carbocycles. The Kier molecular flexibility index (Phi) is 13.3. The summed E-state index contributed by atoms with van der Waals surface area (Å²) in [5.74, 6) is 0.317. The van der Waals surface area contributed by atoms with Crippen LogP contribution in [0.15, 0.2) is 309 Å². The van der Waals surface area contributed by atoms with Gasteiger partial charge in [-0.25, -0.2) is 0 Å². The molecule has 520 valence electrons. The molecule has 4 aliphatic carbocycles. The third kappa shape index (κ3) is 8.98. The lowest BCUT2D eigenvalue weighted by atomic mass is 9.75. The van der Waals surface area contributed by atoms with Gasteiger partial charge in [-0.3, -0.25) is 0 Å². The minimum absolute atomic E-state index is 0.227. The van der Waals surface area contributed by atoms with Gasteiger partial charge in [0.2, 0.25) is 0 Å². The van der Waals surface area contributed by atoms with Crippen LogP contribution in [0, 0.1) is 0 Å². The van der Waals surface area contributed by atoms with E-state index in [1.54, 1.807) is 0 Å². The van der Waals surface area contributed by atoms with Crippen molar-refractivity contribution in [3.05, 3.63) is 359 Å². The predicted octanol–water partition coefficient (Wildman–Crippen LogP) is 28.9. The Labute approximate surface area is 637 Å². The van der Waals surface area contributed by atoms with E-state index in [4.69, 9.17) is 0 Å². The van der Waals surface area contributed by atoms with Crippen molar-refractivity contribution < 1.29 is 0 Å². The third-order valence-corrected chi connectivity index (χ3v) is 26.3. The van der Waals surface area contributed by atoms with Crippen molar-refractivity contribution in [2.75, 3.05) is 0 Å². The molecule has 22 rings (SSSR count). The van der Waals surface area contributed by atoms with Gasteiger partial charge in [0.1, 0.15) is 0 Å². The van der Waals surface area contributed by atoms with Gasteiger partial charge in [-0.1, -0.05) is 294 Å². The van der Waals surface area contributed by atoms with Crippen LogP contribution in [-0.2, 0) is 21.7 Å². The maximum Gasteiger partial charge on any atom is 0.0547 e. The molecule has 0 unspecified atom stereocenters. The summed E-state index contributed by atoms with van der Waals surface area (Å²) >= 11 is 0. The average molecular weight is 1400 g/mol. The zero-order chi connectivity index (χ0) is 73.5. The molecular formula is C107H82N2. The second-order valence-corrected chi connectivity index (χ2v) is 34.1. The maximum absolute atomic E-state index is 2.62. The molecule has 2 nitrogen and oxygen atoms in total. The fourth-order valence-corrected chi connectivity index (χ4v) is 20.9. The van der Waals surface area contributed by atoms with Crippen LogP contribution in [0.25, 0.3) is 177 Å². The van der Waals surface area contributed by atoms with E-state index >= 15 is 0 Å². The SMILES string of the molecule is CC(C)c1cc(-c2ccc3cc(-c4ccc5ccccc5c4)ccc3c2)cc(-c2cc3c(c4c2-c2ccccc2C4(C)C)-c2ccc(-c4ccc5c6ccccc6n(-c6cc(-c7cc8c(c9c7-c7ccccc7C9(C)C)-c7ccccc7C8(C)C)cc(-n7c8ccccc8c8ccccc87)c6)c5c4)cc2C3(C)C)c1. The van der Waals surface area contributed by atoms with Crippen LogP contribution in [0.2, 0.25) is 0 Å². The Morgan fingerprint density at radius 2 is 0.587 bits per heavy atom. The van der Waals surface area contributed by atoms with E-state index in [1.165, 1.54) is 215 Å². The molecule has 0 spiro atoms. The standard InChI is InChI=1S/C107H82N2/c1-62(2)72-52-73(69-44-43-67-50-66(41-42-68(67)51-69)65-40-39-63-25-11-12-26-64(63)49-65)54-74(53-72)86-60-93-101(103-98(86)82-30-13-20-34-89(82)107(103,9)10)85-48-46-70(57-91(85)105(93,5)6)71-45-47-81-80-29-18-24-38-96(80)109(97(81)58-71)77-56-75(55-76(59-77)108-94-36-22-16-27-78(94)79-28-17-23-37-95(79)108)87-61-92-100(84-32-15-19-33-88(84)104(92,3)4)102-99(87)83-31-14-21-35-90(83)106(102,7)8/h11-62H,1-10H3. The maximum atomic E-state index is 2.62. The van der Waals surface area contributed by atoms with Gasteiger partial charge in [-0.2, -0.15) is 0 Å². The molecule has 0 amide bonds. The van der Waals surface area contributed by atoms with E-state index in [9.17, 15) is 0 Å². The minimum atomic E-state index is -0.341. The molecule has 0 N–H and O–H groups in total. The molecule has 0 atom stereocenters. The van der Waals surface area contributed by atoms with E-state index in [2.05, 4.69) is 388 Å². The molecular weight excluding hydrogens is 1310 g/mol. The average Bonchev–Trinajstić information content (AvgIpc) is 1.53. The van der Waals surface area contributed by atoms with E-state index in [-0.39, 0.29) is 21.7 Å². The molecule has 4 aliphatic rings. The van der Waals surface area contributed by atoms with E-state index in [1.807, 2.05) is 0 Å². The molecule has 2 heterocycles. The monoisotopic (exact) mass is 1390 g/mol. The fraction of sp³-hybridized carbons (Fsp3) is 0.140. The zero-order valence-corrected chi connectivity index (χ0v) is 63.4. The predicted molar refractivity (Wildman–Crippen MR) is 462 cm³/mol. The van der Waals surface area contributed by atoms with Crippen LogP contribution in [0.1, 0.15) is 125 Å². The van der Waals surface area contributed by atoms with Crippen molar-refractivity contribution in [3.8, 4) is 112 Å². The summed E-state index contributed by atoms with van der Waals surface area (Å²) in [7, 11) is 0.